The Labute approximate surface area is 199 Å². The number of benzene rings is 2. The van der Waals surface area contributed by atoms with Crippen molar-refractivity contribution in [2.45, 2.75) is 12.3 Å². The lowest BCUT2D eigenvalue weighted by atomic mass is 9.82. The van der Waals surface area contributed by atoms with Crippen LogP contribution in [0.15, 0.2) is 71.3 Å². The van der Waals surface area contributed by atoms with E-state index in [0.29, 0.717) is 5.56 Å². The maximum atomic E-state index is 13.4. The number of ether oxygens (including phenoxy) is 3. The second-order valence-electron chi connectivity index (χ2n) is 7.25. The number of primary amides is 1. The Morgan fingerprint density at radius 1 is 1.11 bits per heavy atom. The highest BCUT2D eigenvalue weighted by molar-refractivity contribution is 5.99. The number of hydrogen-bond donors (Lipinski definition) is 2. The third-order valence-corrected chi connectivity index (χ3v) is 5.20. The minimum atomic E-state index is -1.09. The van der Waals surface area contributed by atoms with Crippen molar-refractivity contribution in [1.82, 2.24) is 0 Å². The first-order chi connectivity index (χ1) is 16.7. The third-order valence-electron chi connectivity index (χ3n) is 5.20. The molecule has 0 bridgehead atoms. The van der Waals surface area contributed by atoms with Crippen molar-refractivity contribution in [3.8, 4) is 6.07 Å². The normalized spacial score (nSPS) is 15.1. The number of allylic oxidation sites excluding steroid dienone is 1. The van der Waals surface area contributed by atoms with Gasteiger partial charge in [-0.15, -0.1) is 0 Å². The zero-order valence-electron chi connectivity index (χ0n) is 18.8. The van der Waals surface area contributed by atoms with E-state index in [1.165, 1.54) is 30.3 Å². The number of carbonyl (C=O) groups excluding carboxylic acids is 3. The molecule has 4 N–H and O–H groups in total. The van der Waals surface area contributed by atoms with Crippen LogP contribution in [0, 0.1) is 17.1 Å². The summed E-state index contributed by atoms with van der Waals surface area (Å²) in [5, 5.41) is 9.80. The van der Waals surface area contributed by atoms with Crippen molar-refractivity contribution >= 4 is 29.3 Å². The van der Waals surface area contributed by atoms with Gasteiger partial charge in [-0.25, -0.2) is 14.0 Å². The van der Waals surface area contributed by atoms with Crippen LogP contribution in [0.1, 0.15) is 17.9 Å². The number of halogens is 1. The number of carbonyl (C=O) groups is 3. The van der Waals surface area contributed by atoms with Gasteiger partial charge in [0.25, 0.3) is 0 Å². The lowest BCUT2D eigenvalue weighted by molar-refractivity contribution is -0.140. The molecule has 1 heterocycles. The van der Waals surface area contributed by atoms with Crippen molar-refractivity contribution in [3.05, 3.63) is 82.7 Å². The summed E-state index contributed by atoms with van der Waals surface area (Å²) in [5.41, 5.74) is 12.2. The highest BCUT2D eigenvalue weighted by Crippen LogP contribution is 2.42. The van der Waals surface area contributed by atoms with Crippen LogP contribution in [-0.2, 0) is 23.8 Å². The first-order valence-corrected chi connectivity index (χ1v) is 10.1. The fourth-order valence-corrected chi connectivity index (χ4v) is 3.66. The summed E-state index contributed by atoms with van der Waals surface area (Å²) in [7, 11) is 2.30. The van der Waals surface area contributed by atoms with Gasteiger partial charge in [-0.1, -0.05) is 12.1 Å². The molecular formula is C24H21FN4O6. The lowest BCUT2D eigenvalue weighted by Crippen LogP contribution is -2.31. The molecule has 2 amide bonds. The summed E-state index contributed by atoms with van der Waals surface area (Å²) in [5.74, 6) is -3.60. The van der Waals surface area contributed by atoms with Gasteiger partial charge in [0.05, 0.1) is 37.1 Å². The Hall–Kier alpha value is -4.85. The van der Waals surface area contributed by atoms with Crippen molar-refractivity contribution in [2.24, 2.45) is 11.5 Å². The number of nitriles is 1. The maximum absolute atomic E-state index is 13.4. The number of anilines is 2. The topological polar surface area (TPSA) is 158 Å². The van der Waals surface area contributed by atoms with Crippen molar-refractivity contribution in [1.29, 1.82) is 5.26 Å². The fourth-order valence-electron chi connectivity index (χ4n) is 3.66. The Bertz CT molecular complexity index is 1280. The van der Waals surface area contributed by atoms with Crippen LogP contribution >= 0.6 is 0 Å². The molecule has 180 valence electrons. The van der Waals surface area contributed by atoms with E-state index < -0.39 is 36.1 Å². The Kier molecular flexibility index (Phi) is 7.36. The fraction of sp³-hybridized carbons (Fsp3) is 0.167. The van der Waals surface area contributed by atoms with Gasteiger partial charge in [0.15, 0.2) is 0 Å². The van der Waals surface area contributed by atoms with E-state index in [-0.39, 0.29) is 34.2 Å². The number of urea groups is 1. The monoisotopic (exact) mass is 480 g/mol. The summed E-state index contributed by atoms with van der Waals surface area (Å²) in [6, 6.07) is 12.4. The second-order valence-corrected chi connectivity index (χ2v) is 7.25. The Morgan fingerprint density at radius 3 is 2.37 bits per heavy atom. The molecule has 1 atom stereocenters. The van der Waals surface area contributed by atoms with Gasteiger partial charge in [-0.3, -0.25) is 9.69 Å². The van der Waals surface area contributed by atoms with E-state index in [2.05, 4.69) is 4.74 Å². The molecular weight excluding hydrogens is 459 g/mol. The predicted molar refractivity (Wildman–Crippen MR) is 121 cm³/mol. The molecule has 0 saturated carbocycles. The molecule has 1 aliphatic heterocycles. The summed E-state index contributed by atoms with van der Waals surface area (Å²) in [4.78, 5) is 38.1. The molecule has 1 unspecified atom stereocenters. The van der Waals surface area contributed by atoms with Gasteiger partial charge in [0.1, 0.15) is 29.6 Å². The zero-order valence-corrected chi connectivity index (χ0v) is 18.8. The van der Waals surface area contributed by atoms with E-state index >= 15 is 0 Å². The largest absolute Gasteiger partial charge is 0.469 e. The molecule has 3 rings (SSSR count). The summed E-state index contributed by atoms with van der Waals surface area (Å²) in [6.07, 6.45) is -0.445. The highest BCUT2D eigenvalue weighted by Gasteiger charge is 2.38. The molecule has 35 heavy (non-hydrogen) atoms. The maximum Gasteiger partial charge on any atom is 0.338 e. The van der Waals surface area contributed by atoms with Crippen LogP contribution in [0.25, 0.3) is 0 Å². The average Bonchev–Trinajstić information content (AvgIpc) is 2.84. The Morgan fingerprint density at radius 2 is 1.80 bits per heavy atom. The number of nitrogens with two attached hydrogens (primary N) is 2. The minimum Gasteiger partial charge on any atom is -0.469 e. The highest BCUT2D eigenvalue weighted by atomic mass is 19.1. The van der Waals surface area contributed by atoms with E-state index in [1.807, 2.05) is 6.07 Å². The number of nitrogens with zero attached hydrogens (tertiary/aromatic N) is 2. The van der Waals surface area contributed by atoms with Crippen LogP contribution in [-0.4, -0.2) is 32.2 Å². The van der Waals surface area contributed by atoms with Crippen molar-refractivity contribution in [3.63, 3.8) is 0 Å². The van der Waals surface area contributed by atoms with Gasteiger partial charge < -0.3 is 25.7 Å². The number of methoxy groups -OCH3 is 2. The summed E-state index contributed by atoms with van der Waals surface area (Å²) >= 11 is 0. The molecule has 0 aromatic heterocycles. The van der Waals surface area contributed by atoms with Gasteiger partial charge in [-0.2, -0.15) is 5.26 Å². The van der Waals surface area contributed by atoms with Crippen LogP contribution in [0.3, 0.4) is 0 Å². The zero-order chi connectivity index (χ0) is 25.7. The Balaban J connectivity index is 2.20. The van der Waals surface area contributed by atoms with Gasteiger partial charge >= 0.3 is 18.0 Å². The molecule has 2 aromatic carbocycles. The molecule has 0 radical (unpaired) electrons. The van der Waals surface area contributed by atoms with Crippen LogP contribution in [0.4, 0.5) is 20.6 Å². The lowest BCUT2D eigenvalue weighted by Gasteiger charge is -2.28. The van der Waals surface area contributed by atoms with Crippen molar-refractivity contribution < 1.29 is 33.0 Å². The van der Waals surface area contributed by atoms with Crippen LogP contribution < -0.4 is 16.4 Å². The van der Waals surface area contributed by atoms with Gasteiger partial charge in [-0.05, 0) is 42.0 Å². The number of esters is 2. The molecule has 10 nitrogen and oxygen atoms in total. The summed E-state index contributed by atoms with van der Waals surface area (Å²) < 4.78 is 28.4. The SMILES string of the molecule is COC(=O)CC1=C(C(=O)OC)C(c2cccc(N(C(N)=O)c3ccc(F)cc3)c2)C(C#N)=C(N)O1. The summed E-state index contributed by atoms with van der Waals surface area (Å²) in [6.45, 7) is 0. The quantitative estimate of drug-likeness (QED) is 0.597. The minimum absolute atomic E-state index is 0.108. The van der Waals surface area contributed by atoms with Gasteiger partial charge in [0.2, 0.25) is 5.88 Å². The molecule has 0 fully saturated rings. The van der Waals surface area contributed by atoms with E-state index in [9.17, 15) is 24.0 Å². The molecule has 11 heteroatoms. The number of amides is 2. The van der Waals surface area contributed by atoms with Crippen LogP contribution in [0.5, 0.6) is 0 Å². The smallest absolute Gasteiger partial charge is 0.338 e. The first kappa shape index (κ1) is 24.8. The first-order valence-electron chi connectivity index (χ1n) is 10.1. The number of hydrogen-bond acceptors (Lipinski definition) is 8. The van der Waals surface area contributed by atoms with Crippen LogP contribution in [0.2, 0.25) is 0 Å². The van der Waals surface area contributed by atoms with E-state index in [1.54, 1.807) is 18.2 Å². The second kappa shape index (κ2) is 10.4. The number of rotatable bonds is 6. The standard InChI is InChI=1S/C24H21FN4O6/c1-33-19(30)11-18-21(23(31)34-2)20(17(12-26)22(27)35-18)13-4-3-5-16(10-13)29(24(28)32)15-8-6-14(25)7-9-15/h3-10,20H,11,27H2,1-2H3,(H2,28,32). The van der Waals surface area contributed by atoms with E-state index in [0.717, 1.165) is 19.1 Å². The van der Waals surface area contributed by atoms with E-state index in [4.69, 9.17) is 20.9 Å². The average molecular weight is 480 g/mol. The third kappa shape index (κ3) is 5.06. The molecule has 1 aliphatic rings. The molecule has 2 aromatic rings. The molecule has 0 aliphatic carbocycles. The van der Waals surface area contributed by atoms with Crippen molar-refractivity contribution in [2.75, 3.05) is 19.1 Å². The predicted octanol–water partition coefficient (Wildman–Crippen LogP) is 2.84. The molecule has 0 spiro atoms. The van der Waals surface area contributed by atoms with Gasteiger partial charge in [0, 0.05) is 0 Å². The molecule has 0 saturated heterocycles.